The SMILES string of the molecule is CC(C)n1c(SCC(=O)Nc2ccc(Br)cc2)nnc1-c1csc2ccccc12. The summed E-state index contributed by atoms with van der Waals surface area (Å²) in [7, 11) is 0. The lowest BCUT2D eigenvalue weighted by atomic mass is 10.1. The van der Waals surface area contributed by atoms with Crippen LogP contribution in [0.15, 0.2) is 63.5 Å². The molecule has 5 nitrogen and oxygen atoms in total. The van der Waals surface area contributed by atoms with Gasteiger partial charge in [0.25, 0.3) is 0 Å². The molecule has 0 spiro atoms. The van der Waals surface area contributed by atoms with Crippen molar-refractivity contribution in [3.8, 4) is 11.4 Å². The Bertz CT molecular complexity index is 1150. The highest BCUT2D eigenvalue weighted by Crippen LogP contribution is 2.35. The van der Waals surface area contributed by atoms with Crippen LogP contribution in [0.1, 0.15) is 19.9 Å². The highest BCUT2D eigenvalue weighted by Gasteiger charge is 2.20. The van der Waals surface area contributed by atoms with Gasteiger partial charge in [-0.1, -0.05) is 45.9 Å². The molecule has 0 bridgehead atoms. The van der Waals surface area contributed by atoms with Crippen molar-refractivity contribution in [2.45, 2.75) is 25.0 Å². The average molecular weight is 487 g/mol. The summed E-state index contributed by atoms with van der Waals surface area (Å²) in [5.41, 5.74) is 1.85. The number of amides is 1. The number of halogens is 1. The third-order valence-corrected chi connectivity index (χ3v) is 6.80. The molecule has 4 rings (SSSR count). The monoisotopic (exact) mass is 486 g/mol. The van der Waals surface area contributed by atoms with E-state index >= 15 is 0 Å². The highest BCUT2D eigenvalue weighted by atomic mass is 79.9. The number of anilines is 1. The van der Waals surface area contributed by atoms with Gasteiger partial charge < -0.3 is 5.32 Å². The number of fused-ring (bicyclic) bond motifs is 1. The zero-order valence-corrected chi connectivity index (χ0v) is 19.1. The molecule has 0 radical (unpaired) electrons. The summed E-state index contributed by atoms with van der Waals surface area (Å²) in [4.78, 5) is 12.4. The largest absolute Gasteiger partial charge is 0.325 e. The molecule has 0 aliphatic heterocycles. The molecule has 2 aromatic carbocycles. The first-order chi connectivity index (χ1) is 14.0. The van der Waals surface area contributed by atoms with E-state index in [1.54, 1.807) is 11.3 Å². The van der Waals surface area contributed by atoms with E-state index < -0.39 is 0 Å². The third-order valence-electron chi connectivity index (χ3n) is 4.36. The lowest BCUT2D eigenvalue weighted by Gasteiger charge is -2.13. The van der Waals surface area contributed by atoms with E-state index in [4.69, 9.17) is 0 Å². The summed E-state index contributed by atoms with van der Waals surface area (Å²) >= 11 is 6.50. The number of hydrogen-bond acceptors (Lipinski definition) is 5. The Balaban J connectivity index is 1.54. The van der Waals surface area contributed by atoms with Crippen molar-refractivity contribution in [1.82, 2.24) is 14.8 Å². The first kappa shape index (κ1) is 20.1. The Labute approximate surface area is 185 Å². The molecule has 1 N–H and O–H groups in total. The van der Waals surface area contributed by atoms with Crippen LogP contribution < -0.4 is 5.32 Å². The van der Waals surface area contributed by atoms with E-state index in [1.807, 2.05) is 36.4 Å². The van der Waals surface area contributed by atoms with Crippen molar-refractivity contribution in [3.63, 3.8) is 0 Å². The lowest BCUT2D eigenvalue weighted by molar-refractivity contribution is -0.113. The molecule has 0 saturated carbocycles. The molecule has 8 heteroatoms. The second-order valence-corrected chi connectivity index (χ2v) is 9.53. The summed E-state index contributed by atoms with van der Waals surface area (Å²) in [5, 5.41) is 15.8. The van der Waals surface area contributed by atoms with Gasteiger partial charge in [-0.3, -0.25) is 9.36 Å². The molecule has 29 heavy (non-hydrogen) atoms. The Morgan fingerprint density at radius 3 is 2.69 bits per heavy atom. The molecule has 0 aliphatic carbocycles. The molecule has 0 unspecified atom stereocenters. The van der Waals surface area contributed by atoms with Crippen molar-refractivity contribution < 1.29 is 4.79 Å². The van der Waals surface area contributed by atoms with Crippen molar-refractivity contribution in [2.75, 3.05) is 11.1 Å². The molecule has 2 heterocycles. The summed E-state index contributed by atoms with van der Waals surface area (Å²) < 4.78 is 4.30. The maximum Gasteiger partial charge on any atom is 0.234 e. The van der Waals surface area contributed by atoms with Gasteiger partial charge in [-0.2, -0.15) is 0 Å². The van der Waals surface area contributed by atoms with E-state index in [2.05, 4.69) is 67.4 Å². The molecule has 148 valence electrons. The molecule has 0 saturated heterocycles. The number of benzene rings is 2. The van der Waals surface area contributed by atoms with Crippen LogP contribution in [0.2, 0.25) is 0 Å². The predicted molar refractivity (Wildman–Crippen MR) is 125 cm³/mol. The van der Waals surface area contributed by atoms with Gasteiger partial charge in [-0.05, 0) is 44.2 Å². The zero-order valence-electron chi connectivity index (χ0n) is 15.9. The van der Waals surface area contributed by atoms with Crippen LogP contribution in [0, 0.1) is 0 Å². The van der Waals surface area contributed by atoms with E-state index in [-0.39, 0.29) is 17.7 Å². The molecule has 4 aromatic rings. The van der Waals surface area contributed by atoms with Crippen LogP contribution in [0.5, 0.6) is 0 Å². The van der Waals surface area contributed by atoms with Crippen molar-refractivity contribution in [2.24, 2.45) is 0 Å². The second-order valence-electron chi connectivity index (χ2n) is 6.76. The first-order valence-electron chi connectivity index (χ1n) is 9.12. The summed E-state index contributed by atoms with van der Waals surface area (Å²) in [5.74, 6) is 1.04. The van der Waals surface area contributed by atoms with Gasteiger partial charge in [-0.15, -0.1) is 21.5 Å². The molecule has 0 fully saturated rings. The number of hydrogen-bond donors (Lipinski definition) is 1. The van der Waals surface area contributed by atoms with Gasteiger partial charge in [-0.25, -0.2) is 0 Å². The number of carbonyl (C=O) groups excluding carboxylic acids is 1. The third kappa shape index (κ3) is 4.39. The van der Waals surface area contributed by atoms with Gasteiger partial charge in [0.05, 0.1) is 5.75 Å². The number of aromatic nitrogens is 3. The van der Waals surface area contributed by atoms with E-state index in [9.17, 15) is 4.79 Å². The quantitative estimate of drug-likeness (QED) is 0.328. The minimum atomic E-state index is -0.0711. The Kier molecular flexibility index (Phi) is 6.03. The number of thioether (sulfide) groups is 1. The fourth-order valence-electron chi connectivity index (χ4n) is 3.04. The van der Waals surface area contributed by atoms with E-state index in [0.717, 1.165) is 26.7 Å². The Morgan fingerprint density at radius 1 is 1.17 bits per heavy atom. The number of rotatable bonds is 6. The fraction of sp³-hybridized carbons (Fsp3) is 0.190. The number of nitrogens with one attached hydrogen (secondary N) is 1. The van der Waals surface area contributed by atoms with Crippen LogP contribution in [0.3, 0.4) is 0 Å². The van der Waals surface area contributed by atoms with Crippen molar-refractivity contribution >= 4 is 60.7 Å². The van der Waals surface area contributed by atoms with E-state index in [0.29, 0.717) is 0 Å². The van der Waals surface area contributed by atoms with Crippen molar-refractivity contribution in [3.05, 3.63) is 58.4 Å². The first-order valence-corrected chi connectivity index (χ1v) is 11.8. The summed E-state index contributed by atoms with van der Waals surface area (Å²) in [6.45, 7) is 4.21. The highest BCUT2D eigenvalue weighted by molar-refractivity contribution is 9.10. The normalized spacial score (nSPS) is 11.3. The van der Waals surface area contributed by atoms with Crippen LogP contribution in [0.25, 0.3) is 21.5 Å². The minimum Gasteiger partial charge on any atom is -0.325 e. The number of nitrogens with zero attached hydrogens (tertiary/aromatic N) is 3. The number of thiophene rings is 1. The molecule has 1 amide bonds. The van der Waals surface area contributed by atoms with Gasteiger partial charge in [0.15, 0.2) is 11.0 Å². The van der Waals surface area contributed by atoms with Crippen LogP contribution in [0.4, 0.5) is 5.69 Å². The fourth-order valence-corrected chi connectivity index (χ4v) is 5.11. The van der Waals surface area contributed by atoms with Gasteiger partial charge in [0, 0.05) is 37.2 Å². The van der Waals surface area contributed by atoms with E-state index in [1.165, 1.54) is 21.8 Å². The Hall–Kier alpha value is -2.16. The van der Waals surface area contributed by atoms with Crippen LogP contribution in [-0.4, -0.2) is 26.4 Å². The van der Waals surface area contributed by atoms with Crippen LogP contribution in [-0.2, 0) is 4.79 Å². The van der Waals surface area contributed by atoms with Crippen LogP contribution >= 0.6 is 39.0 Å². The predicted octanol–water partition coefficient (Wildman–Crippen LogP) is 6.23. The molecular weight excluding hydrogens is 468 g/mol. The topological polar surface area (TPSA) is 59.8 Å². The average Bonchev–Trinajstić information content (AvgIpc) is 3.32. The zero-order chi connectivity index (χ0) is 20.4. The van der Waals surface area contributed by atoms with Gasteiger partial charge in [0.1, 0.15) is 0 Å². The maximum absolute atomic E-state index is 12.4. The molecule has 2 aromatic heterocycles. The maximum atomic E-state index is 12.4. The van der Waals surface area contributed by atoms with Gasteiger partial charge >= 0.3 is 0 Å². The smallest absolute Gasteiger partial charge is 0.234 e. The Morgan fingerprint density at radius 2 is 1.93 bits per heavy atom. The van der Waals surface area contributed by atoms with Crippen molar-refractivity contribution in [1.29, 1.82) is 0 Å². The number of carbonyl (C=O) groups is 1. The van der Waals surface area contributed by atoms with Gasteiger partial charge in [0.2, 0.25) is 5.91 Å². The molecule has 0 atom stereocenters. The standard InChI is InChI=1S/C21H19BrN4OS2/c1-13(2)26-20(17-11-28-18-6-4-3-5-16(17)18)24-25-21(26)29-12-19(27)23-15-9-7-14(22)8-10-15/h3-11,13H,12H2,1-2H3,(H,23,27). The second kappa shape index (κ2) is 8.69. The lowest BCUT2D eigenvalue weighted by Crippen LogP contribution is -2.15. The summed E-state index contributed by atoms with van der Waals surface area (Å²) in [6, 6.07) is 16.0. The summed E-state index contributed by atoms with van der Waals surface area (Å²) in [6.07, 6.45) is 0. The molecule has 0 aliphatic rings. The minimum absolute atomic E-state index is 0.0711. The molecular formula is C21H19BrN4OS2.